The molecule has 0 atom stereocenters. The number of carbonyl (C=O) groups is 1. The number of amides is 1. The first-order valence-corrected chi connectivity index (χ1v) is 8.93. The number of fused-ring (bicyclic) bond motifs is 1. The Morgan fingerprint density at radius 1 is 1.33 bits per heavy atom. The van der Waals surface area contributed by atoms with E-state index in [1.165, 1.54) is 6.07 Å². The number of ether oxygens (including phenoxy) is 2. The smallest absolute Gasteiger partial charge is 0.256 e. The monoisotopic (exact) mass is 372 g/mol. The van der Waals surface area contributed by atoms with Crippen LogP contribution in [0.4, 0.5) is 16.0 Å². The summed E-state index contributed by atoms with van der Waals surface area (Å²) in [6, 6.07) is 3.19. The number of rotatable bonds is 4. The molecular formula is C19H21FN4O3. The maximum atomic E-state index is 15.0. The van der Waals surface area contributed by atoms with Crippen molar-refractivity contribution >= 4 is 29.2 Å². The first-order chi connectivity index (χ1) is 13.0. The second-order valence-electron chi connectivity index (χ2n) is 6.74. The quantitative estimate of drug-likeness (QED) is 0.807. The van der Waals surface area contributed by atoms with Crippen LogP contribution in [0.15, 0.2) is 18.3 Å². The molecule has 1 aromatic carbocycles. The fourth-order valence-electron chi connectivity index (χ4n) is 3.20. The van der Waals surface area contributed by atoms with Gasteiger partial charge in [-0.25, -0.2) is 9.37 Å². The molecule has 0 radical (unpaired) electrons. The molecule has 3 heterocycles. The van der Waals surface area contributed by atoms with Crippen LogP contribution in [-0.2, 0) is 9.53 Å². The highest BCUT2D eigenvalue weighted by Gasteiger charge is 2.30. The fraction of sp³-hybridized carbons (Fsp3) is 0.368. The van der Waals surface area contributed by atoms with Crippen molar-refractivity contribution in [2.24, 2.45) is 0 Å². The van der Waals surface area contributed by atoms with Crippen LogP contribution >= 0.6 is 0 Å². The Morgan fingerprint density at radius 2 is 2.11 bits per heavy atom. The molecule has 1 amide bonds. The molecule has 2 aliphatic rings. The van der Waals surface area contributed by atoms with E-state index in [4.69, 9.17) is 9.47 Å². The molecule has 0 unspecified atom stereocenters. The van der Waals surface area contributed by atoms with Gasteiger partial charge in [0.05, 0.1) is 48.0 Å². The Hall–Kier alpha value is -2.87. The molecule has 0 saturated carbocycles. The lowest BCUT2D eigenvalue weighted by molar-refractivity contribution is -0.110. The number of hydrogen-bond donors (Lipinski definition) is 2. The van der Waals surface area contributed by atoms with Crippen LogP contribution in [0.2, 0.25) is 0 Å². The highest BCUT2D eigenvalue weighted by Crippen LogP contribution is 2.39. The number of halogens is 1. The van der Waals surface area contributed by atoms with E-state index in [0.717, 1.165) is 13.1 Å². The number of imidazole rings is 1. The number of hydrogen-bond acceptors (Lipinski definition) is 5. The lowest BCUT2D eigenvalue weighted by Gasteiger charge is -2.26. The number of morpholine rings is 1. The zero-order valence-corrected chi connectivity index (χ0v) is 15.2. The molecule has 2 aliphatic heterocycles. The zero-order valence-electron chi connectivity index (χ0n) is 15.2. The standard InChI is InChI=1S/C19H21FN4O3/c1-11(2)27-15-4-3-14-16(17(15)20)13(18(25)23-14)9-12-10-21-19(22-12)24-5-7-26-8-6-24/h3-4,9-11H,5-8H2,1-2H3,(H,21,22)(H,23,25). The highest BCUT2D eigenvalue weighted by atomic mass is 19.1. The van der Waals surface area contributed by atoms with Crippen LogP contribution < -0.4 is 15.0 Å². The van der Waals surface area contributed by atoms with Crippen LogP contribution in [0.5, 0.6) is 5.75 Å². The van der Waals surface area contributed by atoms with Crippen molar-refractivity contribution in [3.63, 3.8) is 0 Å². The van der Waals surface area contributed by atoms with Crippen molar-refractivity contribution in [3.05, 3.63) is 35.4 Å². The van der Waals surface area contributed by atoms with Crippen LogP contribution in [0, 0.1) is 5.82 Å². The van der Waals surface area contributed by atoms with Gasteiger partial charge in [-0.3, -0.25) is 4.79 Å². The molecule has 1 saturated heterocycles. The van der Waals surface area contributed by atoms with Gasteiger partial charge in [0.1, 0.15) is 0 Å². The first kappa shape index (κ1) is 17.5. The molecule has 2 N–H and O–H groups in total. The Bertz CT molecular complexity index is 900. The number of benzene rings is 1. The van der Waals surface area contributed by atoms with Crippen molar-refractivity contribution in [1.82, 2.24) is 9.97 Å². The molecule has 27 heavy (non-hydrogen) atoms. The van der Waals surface area contributed by atoms with E-state index in [9.17, 15) is 9.18 Å². The number of aromatic nitrogens is 2. The van der Waals surface area contributed by atoms with Gasteiger partial charge in [-0.1, -0.05) is 0 Å². The largest absolute Gasteiger partial charge is 0.488 e. The number of aromatic amines is 1. The lowest BCUT2D eigenvalue weighted by atomic mass is 10.0. The summed E-state index contributed by atoms with van der Waals surface area (Å²) in [7, 11) is 0. The minimum Gasteiger partial charge on any atom is -0.488 e. The van der Waals surface area contributed by atoms with Gasteiger partial charge in [0.15, 0.2) is 11.6 Å². The minimum absolute atomic E-state index is 0.129. The van der Waals surface area contributed by atoms with Gasteiger partial charge >= 0.3 is 0 Å². The van der Waals surface area contributed by atoms with Gasteiger partial charge in [-0.05, 0) is 32.1 Å². The van der Waals surface area contributed by atoms with Crippen LogP contribution in [0.3, 0.4) is 0 Å². The van der Waals surface area contributed by atoms with Gasteiger partial charge in [-0.15, -0.1) is 0 Å². The van der Waals surface area contributed by atoms with Crippen molar-refractivity contribution in [1.29, 1.82) is 0 Å². The Morgan fingerprint density at radius 3 is 2.85 bits per heavy atom. The molecule has 7 nitrogen and oxygen atoms in total. The van der Waals surface area contributed by atoms with E-state index in [1.54, 1.807) is 18.3 Å². The number of nitrogens with zero attached hydrogens (tertiary/aromatic N) is 2. The summed E-state index contributed by atoms with van der Waals surface area (Å²) in [5.41, 5.74) is 1.53. The molecule has 8 heteroatoms. The van der Waals surface area contributed by atoms with E-state index in [2.05, 4.69) is 20.2 Å². The summed E-state index contributed by atoms with van der Waals surface area (Å²) in [5, 5.41) is 2.70. The van der Waals surface area contributed by atoms with Crippen molar-refractivity contribution < 1.29 is 18.7 Å². The Labute approximate surface area is 156 Å². The van der Waals surface area contributed by atoms with Crippen LogP contribution in [0.25, 0.3) is 11.6 Å². The lowest BCUT2D eigenvalue weighted by Crippen LogP contribution is -2.36. The van der Waals surface area contributed by atoms with Crippen molar-refractivity contribution in [2.45, 2.75) is 20.0 Å². The third-order valence-corrected chi connectivity index (χ3v) is 4.42. The minimum atomic E-state index is -0.543. The van der Waals surface area contributed by atoms with Crippen molar-refractivity contribution in [3.8, 4) is 5.75 Å². The summed E-state index contributed by atoms with van der Waals surface area (Å²) in [5.74, 6) is -0.0576. The topological polar surface area (TPSA) is 79.5 Å². The van der Waals surface area contributed by atoms with E-state index < -0.39 is 5.82 Å². The summed E-state index contributed by atoms with van der Waals surface area (Å²) < 4.78 is 25.8. The molecule has 2 aromatic rings. The molecule has 0 aliphatic carbocycles. The molecule has 142 valence electrons. The summed E-state index contributed by atoms with van der Waals surface area (Å²) >= 11 is 0. The average Bonchev–Trinajstić information content (AvgIpc) is 3.24. The number of anilines is 2. The predicted octanol–water partition coefficient (Wildman–Crippen LogP) is 2.67. The molecule has 1 fully saturated rings. The van der Waals surface area contributed by atoms with Crippen LogP contribution in [0.1, 0.15) is 25.1 Å². The first-order valence-electron chi connectivity index (χ1n) is 8.93. The second kappa shape index (κ2) is 7.03. The zero-order chi connectivity index (χ0) is 19.0. The Balaban J connectivity index is 1.67. The van der Waals surface area contributed by atoms with Crippen LogP contribution in [-0.4, -0.2) is 48.3 Å². The van der Waals surface area contributed by atoms with Crippen molar-refractivity contribution in [2.75, 3.05) is 36.5 Å². The number of H-pyrrole nitrogens is 1. The molecule has 0 bridgehead atoms. The molecule has 1 aromatic heterocycles. The maximum absolute atomic E-state index is 15.0. The summed E-state index contributed by atoms with van der Waals surface area (Å²) in [4.78, 5) is 22.0. The summed E-state index contributed by atoms with van der Waals surface area (Å²) in [6.45, 7) is 6.44. The molecule has 0 spiro atoms. The Kier molecular flexibility index (Phi) is 4.57. The van der Waals surface area contributed by atoms with Gasteiger partial charge in [0.25, 0.3) is 5.91 Å². The van der Waals surface area contributed by atoms with E-state index in [1.807, 2.05) is 13.8 Å². The fourth-order valence-corrected chi connectivity index (χ4v) is 3.20. The van der Waals surface area contributed by atoms with E-state index in [-0.39, 0.29) is 28.9 Å². The number of nitrogens with one attached hydrogen (secondary N) is 2. The molecular weight excluding hydrogens is 351 g/mol. The van der Waals surface area contributed by atoms with Gasteiger partial charge in [0.2, 0.25) is 5.95 Å². The third-order valence-electron chi connectivity index (χ3n) is 4.42. The van der Waals surface area contributed by atoms with Gasteiger partial charge < -0.3 is 24.7 Å². The predicted molar refractivity (Wildman–Crippen MR) is 100 cm³/mol. The van der Waals surface area contributed by atoms with Gasteiger partial charge in [0, 0.05) is 13.1 Å². The van der Waals surface area contributed by atoms with E-state index >= 15 is 0 Å². The second-order valence-corrected chi connectivity index (χ2v) is 6.74. The number of carbonyl (C=O) groups excluding carboxylic acids is 1. The third kappa shape index (κ3) is 3.40. The van der Waals surface area contributed by atoms with Gasteiger partial charge in [-0.2, -0.15) is 0 Å². The van der Waals surface area contributed by atoms with E-state index in [0.29, 0.717) is 30.5 Å². The highest BCUT2D eigenvalue weighted by molar-refractivity contribution is 6.35. The average molecular weight is 372 g/mol. The molecule has 4 rings (SSSR count). The maximum Gasteiger partial charge on any atom is 0.256 e. The SMILES string of the molecule is CC(C)Oc1ccc2c(c1F)C(=Cc1cnc(N3CCOCC3)[nH]1)C(=O)N2. The summed E-state index contributed by atoms with van der Waals surface area (Å²) in [6.07, 6.45) is 3.08. The normalized spacial score (nSPS) is 18.1.